The van der Waals surface area contributed by atoms with Crippen LogP contribution in [0.25, 0.3) is 0 Å². The van der Waals surface area contributed by atoms with Gasteiger partial charge in [0, 0.05) is 0 Å². The Morgan fingerprint density at radius 1 is 1.42 bits per heavy atom. The molecule has 1 aromatic rings. The van der Waals surface area contributed by atoms with Crippen molar-refractivity contribution < 1.29 is 18.3 Å². The van der Waals surface area contributed by atoms with E-state index in [4.69, 9.17) is 28.3 Å². The summed E-state index contributed by atoms with van der Waals surface area (Å²) >= 11 is 12.4. The van der Waals surface area contributed by atoms with Gasteiger partial charge in [0.05, 0.1) is 4.34 Å². The molecule has 1 aromatic heterocycles. The molecule has 0 fully saturated rings. The molecule has 0 aliphatic carbocycles. The Hall–Kier alpha value is -0.340. The number of sulfonamides is 1. The quantitative estimate of drug-likeness (QED) is 0.878. The zero-order valence-corrected chi connectivity index (χ0v) is 13.5. The lowest BCUT2D eigenvalue weighted by atomic mass is 9.88. The van der Waals surface area contributed by atoms with Crippen molar-refractivity contribution in [3.05, 3.63) is 14.7 Å². The van der Waals surface area contributed by atoms with Crippen molar-refractivity contribution in [3.8, 4) is 0 Å². The van der Waals surface area contributed by atoms with E-state index in [-0.39, 0.29) is 13.6 Å². The molecule has 5 nitrogen and oxygen atoms in total. The second kappa shape index (κ2) is 5.57. The van der Waals surface area contributed by atoms with Crippen LogP contribution in [0.3, 0.4) is 0 Å². The molecule has 0 aliphatic heterocycles. The van der Waals surface area contributed by atoms with Crippen molar-refractivity contribution >= 4 is 50.5 Å². The molecule has 9 heteroatoms. The fourth-order valence-corrected chi connectivity index (χ4v) is 4.87. The van der Waals surface area contributed by atoms with Gasteiger partial charge in [-0.3, -0.25) is 4.79 Å². The maximum atomic E-state index is 12.1. The molecule has 0 unspecified atom stereocenters. The van der Waals surface area contributed by atoms with Crippen LogP contribution in [-0.4, -0.2) is 25.5 Å². The fraction of sp³-hybridized carbons (Fsp3) is 0.500. The molecule has 0 saturated carbocycles. The Morgan fingerprint density at radius 3 is 2.26 bits per heavy atom. The lowest BCUT2D eigenvalue weighted by Crippen LogP contribution is -2.48. The zero-order chi connectivity index (χ0) is 15.0. The smallest absolute Gasteiger partial charge is 0.322 e. The molecule has 1 heterocycles. The summed E-state index contributed by atoms with van der Waals surface area (Å²) in [5.74, 6) is -1.26. The van der Waals surface area contributed by atoms with Gasteiger partial charge in [0.2, 0.25) is 10.0 Å². The van der Waals surface area contributed by atoms with Crippen LogP contribution < -0.4 is 4.72 Å². The molecule has 0 spiro atoms. The number of carbonyl (C=O) groups is 1. The summed E-state index contributed by atoms with van der Waals surface area (Å²) in [6, 6.07) is -0.0782. The molecule has 0 aliphatic rings. The van der Waals surface area contributed by atoms with Gasteiger partial charge in [0.15, 0.2) is 0 Å². The first-order chi connectivity index (χ1) is 8.45. The Bertz CT molecular complexity index is 589. The Morgan fingerprint density at radius 2 is 1.95 bits per heavy atom. The van der Waals surface area contributed by atoms with Crippen LogP contribution in [0.1, 0.15) is 20.8 Å². The minimum Gasteiger partial charge on any atom is -0.480 e. The molecule has 1 atom stereocenters. The van der Waals surface area contributed by atoms with E-state index in [1.165, 1.54) is 6.07 Å². The van der Waals surface area contributed by atoms with Gasteiger partial charge in [-0.15, -0.1) is 11.3 Å². The normalized spacial score (nSPS) is 14.4. The molecule has 0 radical (unpaired) electrons. The number of thiophene rings is 1. The minimum atomic E-state index is -4.03. The van der Waals surface area contributed by atoms with E-state index in [0.29, 0.717) is 0 Å². The number of nitrogens with one attached hydrogen (secondary N) is 1. The van der Waals surface area contributed by atoms with Crippen molar-refractivity contribution in [2.24, 2.45) is 5.41 Å². The highest BCUT2D eigenvalue weighted by Gasteiger charge is 2.36. The third-order valence-corrected chi connectivity index (χ3v) is 5.48. The molecular formula is C10H13Cl2NO4S2. The van der Waals surface area contributed by atoms with Crippen LogP contribution in [0.15, 0.2) is 11.0 Å². The van der Waals surface area contributed by atoms with E-state index in [1.54, 1.807) is 20.8 Å². The van der Waals surface area contributed by atoms with Crippen LogP contribution in [0.4, 0.5) is 0 Å². The summed E-state index contributed by atoms with van der Waals surface area (Å²) in [4.78, 5) is 11.0. The van der Waals surface area contributed by atoms with Gasteiger partial charge < -0.3 is 5.11 Å². The van der Waals surface area contributed by atoms with E-state index in [9.17, 15) is 13.2 Å². The van der Waals surface area contributed by atoms with Crippen LogP contribution >= 0.6 is 34.5 Å². The summed E-state index contributed by atoms with van der Waals surface area (Å²) in [5.41, 5.74) is -0.787. The van der Waals surface area contributed by atoms with Crippen molar-refractivity contribution in [2.75, 3.05) is 0 Å². The second-order valence-corrected chi connectivity index (χ2v) is 8.92. The average Bonchev–Trinajstić information content (AvgIpc) is 2.53. The van der Waals surface area contributed by atoms with Crippen molar-refractivity contribution in [1.82, 2.24) is 4.72 Å². The molecule has 0 aromatic carbocycles. The average molecular weight is 346 g/mol. The molecule has 1 rings (SSSR count). The first-order valence-electron chi connectivity index (χ1n) is 5.15. The third-order valence-electron chi connectivity index (χ3n) is 2.30. The maximum Gasteiger partial charge on any atom is 0.322 e. The first-order valence-corrected chi connectivity index (χ1v) is 8.20. The predicted octanol–water partition coefficient (Wildman–Crippen LogP) is 2.83. The summed E-state index contributed by atoms with van der Waals surface area (Å²) in [6.45, 7) is 4.86. The SMILES string of the molecule is CC(C)(C)[C@H](NS(=O)(=O)c1cc(Cl)sc1Cl)C(=O)O. The van der Waals surface area contributed by atoms with Gasteiger partial charge in [0.1, 0.15) is 15.3 Å². The van der Waals surface area contributed by atoms with Gasteiger partial charge in [-0.2, -0.15) is 4.72 Å². The Kier molecular flexibility index (Phi) is 4.90. The Labute approximate surface area is 125 Å². The van der Waals surface area contributed by atoms with Crippen LogP contribution in [-0.2, 0) is 14.8 Å². The van der Waals surface area contributed by atoms with E-state index in [2.05, 4.69) is 4.72 Å². The van der Waals surface area contributed by atoms with Crippen molar-refractivity contribution in [2.45, 2.75) is 31.7 Å². The lowest BCUT2D eigenvalue weighted by Gasteiger charge is -2.27. The second-order valence-electron chi connectivity index (χ2n) is 4.95. The zero-order valence-electron chi connectivity index (χ0n) is 10.4. The van der Waals surface area contributed by atoms with Gasteiger partial charge in [-0.25, -0.2) is 8.42 Å². The highest BCUT2D eigenvalue weighted by atomic mass is 35.5. The number of rotatable bonds is 4. The highest BCUT2D eigenvalue weighted by Crippen LogP contribution is 2.34. The molecule has 0 bridgehead atoms. The highest BCUT2D eigenvalue weighted by molar-refractivity contribution is 7.89. The van der Waals surface area contributed by atoms with Gasteiger partial charge in [-0.05, 0) is 11.5 Å². The monoisotopic (exact) mass is 345 g/mol. The lowest BCUT2D eigenvalue weighted by molar-refractivity contribution is -0.141. The summed E-state index contributed by atoms with van der Waals surface area (Å²) in [6.07, 6.45) is 0. The van der Waals surface area contributed by atoms with Gasteiger partial charge in [0.25, 0.3) is 0 Å². The molecule has 108 valence electrons. The third kappa shape index (κ3) is 4.06. The van der Waals surface area contributed by atoms with Crippen LogP contribution in [0.2, 0.25) is 8.67 Å². The minimum absolute atomic E-state index is 0.00412. The summed E-state index contributed by atoms with van der Waals surface area (Å²) in [5, 5.41) is 9.11. The van der Waals surface area contributed by atoms with Gasteiger partial charge in [-0.1, -0.05) is 44.0 Å². The number of hydrogen-bond donors (Lipinski definition) is 2. The first kappa shape index (κ1) is 16.7. The van der Waals surface area contributed by atoms with E-state index in [1.807, 2.05) is 0 Å². The number of carboxylic acid groups (broad SMARTS) is 1. The number of halogens is 2. The molecule has 0 saturated heterocycles. The number of aliphatic carboxylic acids is 1. The van der Waals surface area contributed by atoms with Gasteiger partial charge >= 0.3 is 5.97 Å². The largest absolute Gasteiger partial charge is 0.480 e. The standard InChI is InChI=1S/C10H13Cl2NO4S2/c1-10(2,3)7(9(14)15)13-19(16,17)5-4-6(11)18-8(5)12/h4,7,13H,1-3H3,(H,14,15)/t7-/m1/s1. The maximum absolute atomic E-state index is 12.1. The number of hydrogen-bond acceptors (Lipinski definition) is 4. The molecule has 2 N–H and O–H groups in total. The number of carboxylic acids is 1. The fourth-order valence-electron chi connectivity index (χ4n) is 1.32. The summed E-state index contributed by atoms with van der Waals surface area (Å²) < 4.78 is 26.6. The topological polar surface area (TPSA) is 83.5 Å². The van der Waals surface area contributed by atoms with E-state index >= 15 is 0 Å². The van der Waals surface area contributed by atoms with E-state index < -0.39 is 27.4 Å². The molecule has 19 heavy (non-hydrogen) atoms. The van der Waals surface area contributed by atoms with E-state index in [0.717, 1.165) is 11.3 Å². The van der Waals surface area contributed by atoms with Crippen molar-refractivity contribution in [3.63, 3.8) is 0 Å². The van der Waals surface area contributed by atoms with Crippen LogP contribution in [0, 0.1) is 5.41 Å². The van der Waals surface area contributed by atoms with Crippen LogP contribution in [0.5, 0.6) is 0 Å². The Balaban J connectivity index is 3.15. The van der Waals surface area contributed by atoms with Crippen molar-refractivity contribution in [1.29, 1.82) is 0 Å². The molecular weight excluding hydrogens is 333 g/mol. The molecule has 0 amide bonds. The summed E-state index contributed by atoms with van der Waals surface area (Å²) in [7, 11) is -4.03. The predicted molar refractivity (Wildman–Crippen MR) is 75.5 cm³/mol.